The van der Waals surface area contributed by atoms with Crippen molar-refractivity contribution in [3.63, 3.8) is 0 Å². The Morgan fingerprint density at radius 1 is 1.28 bits per heavy atom. The average molecular weight is 371 g/mol. The zero-order valence-corrected chi connectivity index (χ0v) is 15.3. The minimum Gasteiger partial charge on any atom is -0.497 e. The van der Waals surface area contributed by atoms with Gasteiger partial charge in [-0.1, -0.05) is 17.8 Å². The summed E-state index contributed by atoms with van der Waals surface area (Å²) in [6, 6.07) is 11.7. The van der Waals surface area contributed by atoms with Crippen molar-refractivity contribution < 1.29 is 9.53 Å². The van der Waals surface area contributed by atoms with Crippen molar-refractivity contribution in [3.05, 3.63) is 47.3 Å². The lowest BCUT2D eigenvalue weighted by Crippen LogP contribution is -2.05. The van der Waals surface area contributed by atoms with Gasteiger partial charge >= 0.3 is 0 Å². The molecule has 0 saturated heterocycles. The fraction of sp³-hybridized carbons (Fsp3) is 0.278. The van der Waals surface area contributed by atoms with Crippen molar-refractivity contribution in [3.8, 4) is 16.5 Å². The molecule has 1 fully saturated rings. The second kappa shape index (κ2) is 7.01. The van der Waals surface area contributed by atoms with E-state index in [4.69, 9.17) is 4.74 Å². The Hall–Kier alpha value is -2.12. The maximum Gasteiger partial charge on any atom is 0.192 e. The summed E-state index contributed by atoms with van der Waals surface area (Å²) in [4.78, 5) is 13.6. The molecule has 1 aliphatic carbocycles. The topological polar surface area (TPSA) is 57.0 Å². The summed E-state index contributed by atoms with van der Waals surface area (Å²) >= 11 is 3.12. The van der Waals surface area contributed by atoms with Gasteiger partial charge in [0.2, 0.25) is 0 Å². The quantitative estimate of drug-likeness (QED) is 0.457. The van der Waals surface area contributed by atoms with E-state index in [0.717, 1.165) is 34.4 Å². The van der Waals surface area contributed by atoms with Crippen molar-refractivity contribution in [2.75, 3.05) is 12.9 Å². The molecule has 1 aromatic carbocycles. The van der Waals surface area contributed by atoms with Crippen molar-refractivity contribution in [2.45, 2.75) is 24.0 Å². The third kappa shape index (κ3) is 3.48. The summed E-state index contributed by atoms with van der Waals surface area (Å²) in [5.41, 5.74) is 0.685. The van der Waals surface area contributed by atoms with Gasteiger partial charge in [-0.05, 0) is 48.6 Å². The van der Waals surface area contributed by atoms with Crippen molar-refractivity contribution >= 4 is 28.9 Å². The van der Waals surface area contributed by atoms with Crippen LogP contribution in [0, 0.1) is 0 Å². The van der Waals surface area contributed by atoms with Crippen LogP contribution >= 0.6 is 23.1 Å². The van der Waals surface area contributed by atoms with Gasteiger partial charge < -0.3 is 4.74 Å². The third-order valence-electron chi connectivity index (χ3n) is 4.06. The predicted octanol–water partition coefficient (Wildman–Crippen LogP) is 4.33. The Bertz CT molecular complexity index is 868. The summed E-state index contributed by atoms with van der Waals surface area (Å²) in [6.07, 6.45) is 2.30. The number of carbonyl (C=O) groups excluding carboxylic acids is 1. The molecule has 0 unspecified atom stereocenters. The fourth-order valence-electron chi connectivity index (χ4n) is 2.60. The lowest BCUT2D eigenvalue weighted by molar-refractivity contribution is 0.102. The Balaban J connectivity index is 1.50. The second-order valence-corrected chi connectivity index (χ2v) is 7.72. The van der Waals surface area contributed by atoms with Crippen molar-refractivity contribution in [2.24, 2.45) is 0 Å². The van der Waals surface area contributed by atoms with Crippen LogP contribution in [0.1, 0.15) is 29.2 Å². The first-order chi connectivity index (χ1) is 12.3. The molecule has 1 saturated carbocycles. The molecule has 0 N–H and O–H groups in total. The molecule has 25 heavy (non-hydrogen) atoms. The van der Waals surface area contributed by atoms with E-state index in [9.17, 15) is 4.79 Å². The zero-order valence-electron chi connectivity index (χ0n) is 13.7. The number of ether oxygens (including phenoxy) is 1. The normalized spacial score (nSPS) is 13.8. The van der Waals surface area contributed by atoms with Gasteiger partial charge in [-0.2, -0.15) is 0 Å². The van der Waals surface area contributed by atoms with Gasteiger partial charge in [0.15, 0.2) is 16.8 Å². The highest BCUT2D eigenvalue weighted by atomic mass is 32.2. The fourth-order valence-corrected chi connectivity index (χ4v) is 4.21. The first-order valence-electron chi connectivity index (χ1n) is 8.05. The molecule has 2 heterocycles. The van der Waals surface area contributed by atoms with Gasteiger partial charge in [-0.3, -0.25) is 9.36 Å². The zero-order chi connectivity index (χ0) is 17.2. The van der Waals surface area contributed by atoms with E-state index in [1.807, 2.05) is 11.4 Å². The largest absolute Gasteiger partial charge is 0.497 e. The Morgan fingerprint density at radius 2 is 2.08 bits per heavy atom. The van der Waals surface area contributed by atoms with Crippen LogP contribution < -0.4 is 4.74 Å². The van der Waals surface area contributed by atoms with Gasteiger partial charge in [-0.15, -0.1) is 21.5 Å². The van der Waals surface area contributed by atoms with E-state index in [0.29, 0.717) is 17.4 Å². The highest BCUT2D eigenvalue weighted by Gasteiger charge is 2.30. The van der Waals surface area contributed by atoms with E-state index in [-0.39, 0.29) is 5.78 Å². The number of nitrogens with zero attached hydrogens (tertiary/aromatic N) is 3. The molecule has 3 aromatic rings. The summed E-state index contributed by atoms with van der Waals surface area (Å²) in [5.74, 6) is 2.09. The summed E-state index contributed by atoms with van der Waals surface area (Å²) in [6.45, 7) is 0. The van der Waals surface area contributed by atoms with Crippen LogP contribution in [0.15, 0.2) is 46.9 Å². The molecule has 2 aromatic heterocycles. The van der Waals surface area contributed by atoms with E-state index in [1.165, 1.54) is 11.8 Å². The molecule has 0 spiro atoms. The van der Waals surface area contributed by atoms with Crippen molar-refractivity contribution in [1.29, 1.82) is 0 Å². The molecule has 5 nitrogen and oxygen atoms in total. The summed E-state index contributed by atoms with van der Waals surface area (Å²) in [5, 5.41) is 11.6. The number of hydrogen-bond acceptors (Lipinski definition) is 6. The maximum atomic E-state index is 12.4. The predicted molar refractivity (Wildman–Crippen MR) is 99.7 cm³/mol. The smallest absolute Gasteiger partial charge is 0.192 e. The molecule has 0 aliphatic heterocycles. The van der Waals surface area contributed by atoms with Gasteiger partial charge in [0.05, 0.1) is 17.7 Å². The van der Waals surface area contributed by atoms with E-state index in [1.54, 1.807) is 42.7 Å². The highest BCUT2D eigenvalue weighted by Crippen LogP contribution is 2.41. The van der Waals surface area contributed by atoms with E-state index in [2.05, 4.69) is 20.8 Å². The number of hydrogen-bond donors (Lipinski definition) is 0. The number of aromatic nitrogens is 3. The lowest BCUT2D eigenvalue weighted by atomic mass is 10.1. The number of methoxy groups -OCH3 is 1. The molecule has 1 aliphatic rings. The Labute approximate surface area is 154 Å². The Morgan fingerprint density at radius 3 is 2.72 bits per heavy atom. The number of carbonyl (C=O) groups is 1. The number of ketones is 1. The maximum absolute atomic E-state index is 12.4. The summed E-state index contributed by atoms with van der Waals surface area (Å²) in [7, 11) is 1.61. The first kappa shape index (κ1) is 16.4. The lowest BCUT2D eigenvalue weighted by Gasteiger charge is -2.07. The minimum absolute atomic E-state index is 0.0793. The van der Waals surface area contributed by atoms with Gasteiger partial charge in [0.1, 0.15) is 5.75 Å². The van der Waals surface area contributed by atoms with E-state index >= 15 is 0 Å². The molecule has 0 atom stereocenters. The molecule has 0 amide bonds. The van der Waals surface area contributed by atoms with Crippen LogP contribution in [0.2, 0.25) is 0 Å². The SMILES string of the molecule is COc1ccc(C(=O)CSc2nnc(-c3cccs3)n2C2CC2)cc1. The minimum atomic E-state index is 0.0793. The number of benzene rings is 1. The molecule has 0 radical (unpaired) electrons. The molecule has 7 heteroatoms. The van der Waals surface area contributed by atoms with E-state index < -0.39 is 0 Å². The highest BCUT2D eigenvalue weighted by molar-refractivity contribution is 7.99. The molecular weight excluding hydrogens is 354 g/mol. The van der Waals surface area contributed by atoms with Crippen LogP contribution in [0.3, 0.4) is 0 Å². The number of rotatable bonds is 7. The number of thiophene rings is 1. The van der Waals surface area contributed by atoms with Crippen LogP contribution in [0.25, 0.3) is 10.7 Å². The molecule has 4 rings (SSSR count). The molecule has 0 bridgehead atoms. The number of thioether (sulfide) groups is 1. The van der Waals surface area contributed by atoms with Crippen LogP contribution in [-0.2, 0) is 0 Å². The van der Waals surface area contributed by atoms with Gasteiger partial charge in [0.25, 0.3) is 0 Å². The monoisotopic (exact) mass is 371 g/mol. The van der Waals surface area contributed by atoms with Crippen molar-refractivity contribution in [1.82, 2.24) is 14.8 Å². The summed E-state index contributed by atoms with van der Waals surface area (Å²) < 4.78 is 7.32. The van der Waals surface area contributed by atoms with Crippen LogP contribution in [0.4, 0.5) is 0 Å². The standard InChI is InChI=1S/C18H17N3O2S2/c1-23-14-8-4-12(5-9-14)15(22)11-25-18-20-19-17(16-3-2-10-24-16)21(18)13-6-7-13/h2-5,8-10,13H,6-7,11H2,1H3. The second-order valence-electron chi connectivity index (χ2n) is 5.83. The molecule has 128 valence electrons. The third-order valence-corrected chi connectivity index (χ3v) is 5.87. The van der Waals surface area contributed by atoms with Crippen LogP contribution in [0.5, 0.6) is 5.75 Å². The Kier molecular flexibility index (Phi) is 4.59. The van der Waals surface area contributed by atoms with Gasteiger partial charge in [-0.25, -0.2) is 0 Å². The molecular formula is C18H17N3O2S2. The average Bonchev–Trinajstić information content (AvgIpc) is 3.18. The first-order valence-corrected chi connectivity index (χ1v) is 9.91. The van der Waals surface area contributed by atoms with Gasteiger partial charge in [0, 0.05) is 11.6 Å². The van der Waals surface area contributed by atoms with Crippen LogP contribution in [-0.4, -0.2) is 33.4 Å². The number of Topliss-reactive ketones (excluding diaryl/α,β-unsaturated/α-hetero) is 1.